The van der Waals surface area contributed by atoms with Gasteiger partial charge in [0.15, 0.2) is 0 Å². The summed E-state index contributed by atoms with van der Waals surface area (Å²) in [6.07, 6.45) is 0. The molecule has 1 aromatic heterocycles. The summed E-state index contributed by atoms with van der Waals surface area (Å²) in [6.45, 7) is 2.11. The zero-order chi connectivity index (χ0) is 19.3. The second-order valence-electron chi connectivity index (χ2n) is 6.27. The molecule has 4 nitrogen and oxygen atoms in total. The van der Waals surface area contributed by atoms with E-state index in [2.05, 4.69) is 0 Å². The molecule has 1 heterocycles. The summed E-state index contributed by atoms with van der Waals surface area (Å²) < 4.78 is 7.23. The Hall–Kier alpha value is -3.66. The highest BCUT2D eigenvalue weighted by Crippen LogP contribution is 2.34. The Morgan fingerprint density at radius 1 is 0.821 bits per heavy atom. The largest absolute Gasteiger partial charge is 0.462 e. The molecule has 0 aliphatic rings. The molecule has 4 aromatic rings. The number of carbonyl (C=O) groups is 1. The van der Waals surface area contributed by atoms with Crippen molar-refractivity contribution in [2.45, 2.75) is 6.92 Å². The van der Waals surface area contributed by atoms with Gasteiger partial charge in [-0.15, -0.1) is 0 Å². The van der Waals surface area contributed by atoms with E-state index in [4.69, 9.17) is 9.84 Å². The minimum absolute atomic E-state index is 0.303. The third-order valence-electron chi connectivity index (χ3n) is 4.46. The Morgan fingerprint density at radius 2 is 1.36 bits per heavy atom. The third kappa shape index (κ3) is 3.32. The Morgan fingerprint density at radius 3 is 1.93 bits per heavy atom. The molecule has 0 N–H and O–H groups in total. The lowest BCUT2D eigenvalue weighted by molar-refractivity contribution is 0.0528. The topological polar surface area (TPSA) is 44.1 Å². The molecule has 0 atom stereocenters. The molecule has 0 saturated carbocycles. The number of hydrogen-bond acceptors (Lipinski definition) is 3. The second-order valence-corrected chi connectivity index (χ2v) is 6.27. The van der Waals surface area contributed by atoms with Gasteiger partial charge in [0.1, 0.15) is 11.3 Å². The predicted molar refractivity (Wildman–Crippen MR) is 110 cm³/mol. The average Bonchev–Trinajstić information content (AvgIpc) is 3.17. The first-order valence-corrected chi connectivity index (χ1v) is 9.26. The van der Waals surface area contributed by atoms with E-state index in [-0.39, 0.29) is 5.97 Å². The highest BCUT2D eigenvalue weighted by molar-refractivity contribution is 6.03. The van der Waals surface area contributed by atoms with Crippen molar-refractivity contribution in [1.29, 1.82) is 0 Å². The van der Waals surface area contributed by atoms with Crippen LogP contribution < -0.4 is 0 Å². The highest BCUT2D eigenvalue weighted by Gasteiger charge is 2.27. The van der Waals surface area contributed by atoms with E-state index in [9.17, 15) is 4.79 Å². The molecule has 0 fully saturated rings. The Kier molecular flexibility index (Phi) is 5.02. The van der Waals surface area contributed by atoms with Crippen LogP contribution in [0.25, 0.3) is 28.2 Å². The van der Waals surface area contributed by atoms with Crippen LogP contribution in [0.3, 0.4) is 0 Å². The summed E-state index contributed by atoms with van der Waals surface area (Å²) in [5.41, 5.74) is 4.48. The lowest BCUT2D eigenvalue weighted by Gasteiger charge is -2.10. The van der Waals surface area contributed by atoms with E-state index in [1.165, 1.54) is 0 Å². The quantitative estimate of drug-likeness (QED) is 0.444. The molecule has 4 rings (SSSR count). The van der Waals surface area contributed by atoms with Crippen LogP contribution in [0, 0.1) is 0 Å². The number of benzene rings is 3. The number of rotatable bonds is 5. The van der Waals surface area contributed by atoms with Crippen LogP contribution in [-0.4, -0.2) is 22.4 Å². The van der Waals surface area contributed by atoms with E-state index in [0.717, 1.165) is 22.5 Å². The molecule has 4 heteroatoms. The summed E-state index contributed by atoms with van der Waals surface area (Å²) in [7, 11) is 0. The summed E-state index contributed by atoms with van der Waals surface area (Å²) in [5, 5.41) is 4.85. The van der Waals surface area contributed by atoms with E-state index < -0.39 is 0 Å². The minimum Gasteiger partial charge on any atom is -0.462 e. The molecule has 0 unspecified atom stereocenters. The number of carbonyl (C=O) groups excluding carboxylic acids is 1. The molecule has 0 aliphatic heterocycles. The zero-order valence-electron chi connectivity index (χ0n) is 15.6. The molecule has 28 heavy (non-hydrogen) atoms. The molecule has 138 valence electrons. The molecule has 0 aliphatic carbocycles. The fourth-order valence-corrected chi connectivity index (χ4v) is 3.23. The normalized spacial score (nSPS) is 10.6. The molecule has 0 amide bonds. The van der Waals surface area contributed by atoms with Crippen molar-refractivity contribution in [3.63, 3.8) is 0 Å². The molecule has 0 bridgehead atoms. The smallest absolute Gasteiger partial charge is 0.342 e. The van der Waals surface area contributed by atoms with Crippen LogP contribution in [0.5, 0.6) is 0 Å². The Labute approximate surface area is 164 Å². The van der Waals surface area contributed by atoms with Gasteiger partial charge in [0, 0.05) is 11.1 Å². The number of para-hydroxylation sites is 1. The predicted octanol–water partition coefficient (Wildman–Crippen LogP) is 5.38. The van der Waals surface area contributed by atoms with E-state index in [0.29, 0.717) is 17.9 Å². The number of aromatic nitrogens is 2. The van der Waals surface area contributed by atoms with E-state index in [1.54, 1.807) is 0 Å². The van der Waals surface area contributed by atoms with Crippen molar-refractivity contribution >= 4 is 5.97 Å². The van der Waals surface area contributed by atoms with Crippen LogP contribution in [0.1, 0.15) is 17.3 Å². The first-order chi connectivity index (χ1) is 13.8. The molecule has 0 saturated heterocycles. The minimum atomic E-state index is -0.373. The number of nitrogens with zero attached hydrogens (tertiary/aromatic N) is 2. The monoisotopic (exact) mass is 368 g/mol. The van der Waals surface area contributed by atoms with Gasteiger partial charge in [0.25, 0.3) is 0 Å². The molecule has 0 radical (unpaired) electrons. The SMILES string of the molecule is CCOC(=O)c1c(-c2ccccc2)nn(-c2ccccc2)c1-c1ccccc1. The lowest BCUT2D eigenvalue weighted by atomic mass is 10.0. The lowest BCUT2D eigenvalue weighted by Crippen LogP contribution is -2.08. The molecular weight excluding hydrogens is 348 g/mol. The van der Waals surface area contributed by atoms with Crippen molar-refractivity contribution in [1.82, 2.24) is 9.78 Å². The number of ether oxygens (including phenoxy) is 1. The molecule has 0 spiro atoms. The fourth-order valence-electron chi connectivity index (χ4n) is 3.23. The van der Waals surface area contributed by atoms with Gasteiger partial charge in [-0.3, -0.25) is 0 Å². The summed E-state index contributed by atoms with van der Waals surface area (Å²) in [5.74, 6) is -0.373. The fraction of sp³-hybridized carbons (Fsp3) is 0.0833. The van der Waals surface area contributed by atoms with Crippen molar-refractivity contribution in [2.75, 3.05) is 6.61 Å². The van der Waals surface area contributed by atoms with E-state index in [1.807, 2.05) is 103 Å². The average molecular weight is 368 g/mol. The first kappa shape index (κ1) is 17.7. The van der Waals surface area contributed by atoms with Crippen LogP contribution in [0.4, 0.5) is 0 Å². The second kappa shape index (κ2) is 7.92. The van der Waals surface area contributed by atoms with Gasteiger partial charge >= 0.3 is 5.97 Å². The molecular formula is C24H20N2O2. The summed E-state index contributed by atoms with van der Waals surface area (Å²) >= 11 is 0. The Balaban J connectivity index is 2.05. The van der Waals surface area contributed by atoms with Gasteiger partial charge in [-0.1, -0.05) is 78.9 Å². The van der Waals surface area contributed by atoms with E-state index >= 15 is 0 Å². The van der Waals surface area contributed by atoms with Crippen LogP contribution in [0.2, 0.25) is 0 Å². The van der Waals surface area contributed by atoms with Crippen molar-refractivity contribution in [3.8, 4) is 28.2 Å². The van der Waals surface area contributed by atoms with Crippen LogP contribution >= 0.6 is 0 Å². The van der Waals surface area contributed by atoms with Gasteiger partial charge in [-0.05, 0) is 19.1 Å². The zero-order valence-corrected chi connectivity index (χ0v) is 15.6. The third-order valence-corrected chi connectivity index (χ3v) is 4.46. The maximum absolute atomic E-state index is 13.0. The van der Waals surface area contributed by atoms with Crippen molar-refractivity contribution in [2.24, 2.45) is 0 Å². The number of esters is 1. The summed E-state index contributed by atoms with van der Waals surface area (Å²) in [6, 6.07) is 29.4. The van der Waals surface area contributed by atoms with Gasteiger partial charge in [0.05, 0.1) is 18.0 Å². The standard InChI is InChI=1S/C24H20N2O2/c1-2-28-24(27)21-22(18-12-6-3-7-13-18)25-26(20-16-10-5-11-17-20)23(21)19-14-8-4-9-15-19/h3-17H,2H2,1H3. The van der Waals surface area contributed by atoms with Gasteiger partial charge in [-0.25, -0.2) is 9.48 Å². The van der Waals surface area contributed by atoms with Crippen molar-refractivity contribution < 1.29 is 9.53 Å². The maximum Gasteiger partial charge on any atom is 0.342 e. The Bertz CT molecular complexity index is 1070. The summed E-state index contributed by atoms with van der Waals surface area (Å²) in [4.78, 5) is 13.0. The van der Waals surface area contributed by atoms with Gasteiger partial charge < -0.3 is 4.74 Å². The molecule has 3 aromatic carbocycles. The van der Waals surface area contributed by atoms with Crippen LogP contribution in [-0.2, 0) is 4.74 Å². The maximum atomic E-state index is 13.0. The van der Waals surface area contributed by atoms with Gasteiger partial charge in [0.2, 0.25) is 0 Å². The highest BCUT2D eigenvalue weighted by atomic mass is 16.5. The van der Waals surface area contributed by atoms with Crippen molar-refractivity contribution in [3.05, 3.63) is 96.6 Å². The van der Waals surface area contributed by atoms with Gasteiger partial charge in [-0.2, -0.15) is 5.10 Å². The van der Waals surface area contributed by atoms with Crippen LogP contribution in [0.15, 0.2) is 91.0 Å². The first-order valence-electron chi connectivity index (χ1n) is 9.26. The number of hydrogen-bond donors (Lipinski definition) is 0.